The molecule has 0 radical (unpaired) electrons. The van der Waals surface area contributed by atoms with E-state index in [0.717, 1.165) is 40.1 Å². The Morgan fingerprint density at radius 2 is 1.91 bits per heavy atom. The fourth-order valence-corrected chi connectivity index (χ4v) is 4.79. The SMILES string of the molecule is Cc1c(CC[C@H]2C[C@H](O)CC(=O)O2)c2c(c(C)c1NC(=O)c1ccccc1)CC(C)(C)O2. The Hall–Kier alpha value is -2.86. The van der Waals surface area contributed by atoms with Crippen LogP contribution in [0, 0.1) is 13.8 Å². The number of amides is 1. The molecule has 0 bridgehead atoms. The van der Waals surface area contributed by atoms with E-state index in [1.54, 1.807) is 12.1 Å². The number of ether oxygens (including phenoxy) is 2. The first-order valence-corrected chi connectivity index (χ1v) is 11.2. The van der Waals surface area contributed by atoms with Crippen LogP contribution in [-0.2, 0) is 22.4 Å². The van der Waals surface area contributed by atoms with Crippen molar-refractivity contribution in [2.45, 2.75) is 77.6 Å². The van der Waals surface area contributed by atoms with Gasteiger partial charge < -0.3 is 19.9 Å². The number of aliphatic hydroxyl groups excluding tert-OH is 1. The minimum atomic E-state index is -0.651. The predicted molar refractivity (Wildman–Crippen MR) is 122 cm³/mol. The Kier molecular flexibility index (Phi) is 5.99. The summed E-state index contributed by atoms with van der Waals surface area (Å²) in [5, 5.41) is 13.1. The van der Waals surface area contributed by atoms with Gasteiger partial charge in [0, 0.05) is 29.7 Å². The lowest BCUT2D eigenvalue weighted by molar-refractivity contribution is -0.160. The maximum atomic E-state index is 12.9. The van der Waals surface area contributed by atoms with Crippen molar-refractivity contribution in [2.24, 2.45) is 0 Å². The topological polar surface area (TPSA) is 84.9 Å². The predicted octanol–water partition coefficient (Wildman–Crippen LogP) is 4.27. The van der Waals surface area contributed by atoms with E-state index < -0.39 is 6.10 Å². The summed E-state index contributed by atoms with van der Waals surface area (Å²) in [5.74, 6) is 0.378. The smallest absolute Gasteiger partial charge is 0.308 e. The Bertz CT molecular complexity index is 1040. The maximum absolute atomic E-state index is 12.9. The molecule has 2 aliphatic rings. The van der Waals surface area contributed by atoms with E-state index in [1.165, 1.54) is 0 Å². The molecule has 4 rings (SSSR count). The van der Waals surface area contributed by atoms with E-state index in [1.807, 2.05) is 32.0 Å². The largest absolute Gasteiger partial charge is 0.487 e. The summed E-state index contributed by atoms with van der Waals surface area (Å²) in [6.45, 7) is 8.15. The number of rotatable bonds is 5. The van der Waals surface area contributed by atoms with Crippen LogP contribution >= 0.6 is 0 Å². The second kappa shape index (κ2) is 8.58. The highest BCUT2D eigenvalue weighted by Gasteiger charge is 2.36. The third kappa shape index (κ3) is 4.51. The lowest BCUT2D eigenvalue weighted by Crippen LogP contribution is -2.32. The molecule has 2 atom stereocenters. The standard InChI is InChI=1S/C26H31NO5/c1-15-20(11-10-19-12-18(28)13-22(29)31-19)24-21(14-26(3,4)32-24)16(2)23(15)27-25(30)17-8-6-5-7-9-17/h5-9,18-19,28H,10-14H2,1-4H3,(H,27,30)/t18-,19-/m0/s1. The van der Waals surface area contributed by atoms with Crippen molar-refractivity contribution in [3.05, 3.63) is 58.1 Å². The van der Waals surface area contributed by atoms with E-state index in [2.05, 4.69) is 19.2 Å². The van der Waals surface area contributed by atoms with Crippen molar-refractivity contribution in [1.29, 1.82) is 0 Å². The molecule has 2 aromatic carbocycles. The molecule has 1 amide bonds. The average molecular weight is 438 g/mol. The normalized spacial score (nSPS) is 21.5. The van der Waals surface area contributed by atoms with Crippen LogP contribution < -0.4 is 10.1 Å². The molecule has 6 heteroatoms. The molecule has 32 heavy (non-hydrogen) atoms. The van der Waals surface area contributed by atoms with Crippen molar-refractivity contribution in [3.63, 3.8) is 0 Å². The number of anilines is 1. The molecule has 2 heterocycles. The van der Waals surface area contributed by atoms with Crippen molar-refractivity contribution in [1.82, 2.24) is 0 Å². The number of benzene rings is 2. The molecular weight excluding hydrogens is 406 g/mol. The minimum absolute atomic E-state index is 0.0580. The van der Waals surface area contributed by atoms with Gasteiger partial charge in [-0.3, -0.25) is 9.59 Å². The van der Waals surface area contributed by atoms with Gasteiger partial charge in [-0.1, -0.05) is 18.2 Å². The lowest BCUT2D eigenvalue weighted by atomic mass is 9.89. The molecule has 1 fully saturated rings. The van der Waals surface area contributed by atoms with Gasteiger partial charge in [0.15, 0.2) is 0 Å². The summed E-state index contributed by atoms with van der Waals surface area (Å²) in [5.41, 5.74) is 5.21. The summed E-state index contributed by atoms with van der Waals surface area (Å²) in [6.07, 6.45) is 1.51. The van der Waals surface area contributed by atoms with E-state index in [-0.39, 0.29) is 30.0 Å². The van der Waals surface area contributed by atoms with Gasteiger partial charge in [0.05, 0.1) is 12.5 Å². The maximum Gasteiger partial charge on any atom is 0.308 e. The van der Waals surface area contributed by atoms with Crippen molar-refractivity contribution < 1.29 is 24.2 Å². The molecule has 170 valence electrons. The average Bonchev–Trinajstić information content (AvgIpc) is 3.06. The lowest BCUT2D eigenvalue weighted by Gasteiger charge is -2.27. The van der Waals surface area contributed by atoms with Crippen LogP contribution in [0.15, 0.2) is 30.3 Å². The molecule has 1 saturated heterocycles. The molecule has 0 saturated carbocycles. The number of carbonyl (C=O) groups excluding carboxylic acids is 2. The highest BCUT2D eigenvalue weighted by molar-refractivity contribution is 6.05. The van der Waals surface area contributed by atoms with Crippen LogP contribution in [0.2, 0.25) is 0 Å². The van der Waals surface area contributed by atoms with E-state index in [0.29, 0.717) is 24.8 Å². The molecule has 6 nitrogen and oxygen atoms in total. The quantitative estimate of drug-likeness (QED) is 0.683. The molecule has 2 aromatic rings. The number of nitrogens with one attached hydrogen (secondary N) is 1. The summed E-state index contributed by atoms with van der Waals surface area (Å²) < 4.78 is 11.8. The third-order valence-electron chi connectivity index (χ3n) is 6.41. The Morgan fingerprint density at radius 3 is 2.59 bits per heavy atom. The first-order chi connectivity index (χ1) is 15.1. The van der Waals surface area contributed by atoms with Crippen LogP contribution in [0.4, 0.5) is 5.69 Å². The fraction of sp³-hybridized carbons (Fsp3) is 0.462. The second-order valence-electron chi connectivity index (χ2n) is 9.51. The monoisotopic (exact) mass is 437 g/mol. The minimum Gasteiger partial charge on any atom is -0.487 e. The number of carbonyl (C=O) groups is 2. The van der Waals surface area contributed by atoms with Crippen molar-refractivity contribution >= 4 is 17.6 Å². The summed E-state index contributed by atoms with van der Waals surface area (Å²) in [6, 6.07) is 9.17. The Labute approximate surface area is 188 Å². The van der Waals surface area contributed by atoms with E-state index >= 15 is 0 Å². The molecule has 0 unspecified atom stereocenters. The van der Waals surface area contributed by atoms with Gasteiger partial charge in [-0.15, -0.1) is 0 Å². The highest BCUT2D eigenvalue weighted by Crippen LogP contribution is 2.45. The molecule has 2 aliphatic heterocycles. The molecule has 0 spiro atoms. The van der Waals surface area contributed by atoms with Gasteiger partial charge in [0.2, 0.25) is 0 Å². The zero-order valence-corrected chi connectivity index (χ0v) is 19.2. The van der Waals surface area contributed by atoms with E-state index in [4.69, 9.17) is 9.47 Å². The van der Waals surface area contributed by atoms with Gasteiger partial charge in [0.25, 0.3) is 5.91 Å². The molecule has 0 aromatic heterocycles. The summed E-state index contributed by atoms with van der Waals surface area (Å²) in [7, 11) is 0. The zero-order valence-electron chi connectivity index (χ0n) is 19.2. The van der Waals surface area contributed by atoms with Gasteiger partial charge >= 0.3 is 5.97 Å². The number of cyclic esters (lactones) is 1. The van der Waals surface area contributed by atoms with Gasteiger partial charge in [-0.05, 0) is 69.4 Å². The van der Waals surface area contributed by atoms with Gasteiger partial charge in [-0.25, -0.2) is 0 Å². The highest BCUT2D eigenvalue weighted by atomic mass is 16.5. The van der Waals surface area contributed by atoms with Crippen LogP contribution in [0.25, 0.3) is 0 Å². The molecular formula is C26H31NO5. The first kappa shape index (κ1) is 22.3. The second-order valence-corrected chi connectivity index (χ2v) is 9.51. The summed E-state index contributed by atoms with van der Waals surface area (Å²) >= 11 is 0. The Morgan fingerprint density at radius 1 is 1.19 bits per heavy atom. The molecule has 2 N–H and O–H groups in total. The van der Waals surface area contributed by atoms with Crippen molar-refractivity contribution in [2.75, 3.05) is 5.32 Å². The first-order valence-electron chi connectivity index (χ1n) is 11.2. The number of aliphatic hydroxyl groups is 1. The third-order valence-corrected chi connectivity index (χ3v) is 6.41. The van der Waals surface area contributed by atoms with Crippen LogP contribution in [0.1, 0.15) is 65.7 Å². The Balaban J connectivity index is 1.66. The van der Waals surface area contributed by atoms with Gasteiger partial charge in [-0.2, -0.15) is 0 Å². The van der Waals surface area contributed by atoms with Gasteiger partial charge in [0.1, 0.15) is 17.5 Å². The fourth-order valence-electron chi connectivity index (χ4n) is 4.79. The van der Waals surface area contributed by atoms with Crippen molar-refractivity contribution in [3.8, 4) is 5.75 Å². The van der Waals surface area contributed by atoms with Crippen LogP contribution in [0.5, 0.6) is 5.75 Å². The number of esters is 1. The summed E-state index contributed by atoms with van der Waals surface area (Å²) in [4.78, 5) is 24.6. The number of hydrogen-bond acceptors (Lipinski definition) is 5. The van der Waals surface area contributed by atoms with Crippen LogP contribution in [0.3, 0.4) is 0 Å². The number of hydrogen-bond donors (Lipinski definition) is 2. The van der Waals surface area contributed by atoms with E-state index in [9.17, 15) is 14.7 Å². The molecule has 0 aliphatic carbocycles. The number of fused-ring (bicyclic) bond motifs is 1. The van der Waals surface area contributed by atoms with Crippen LogP contribution in [-0.4, -0.2) is 34.8 Å². The zero-order chi connectivity index (χ0) is 23.0.